The average molecular weight is 257 g/mol. The highest BCUT2D eigenvalue weighted by Gasteiger charge is 2.24. The zero-order valence-electron chi connectivity index (χ0n) is 12.0. The molecule has 1 rings (SSSR count). The fourth-order valence-electron chi connectivity index (χ4n) is 2.48. The zero-order chi connectivity index (χ0) is 13.7. The van der Waals surface area contributed by atoms with Crippen LogP contribution in [-0.2, 0) is 4.79 Å². The summed E-state index contributed by atoms with van der Waals surface area (Å²) in [5.74, 6) is -0.745. The molecule has 1 fully saturated rings. The minimum Gasteiger partial charge on any atom is -0.480 e. The van der Waals surface area contributed by atoms with Crippen LogP contribution in [0.2, 0.25) is 0 Å². The fraction of sp³-hybridized carbons (Fsp3) is 0.923. The highest BCUT2D eigenvalue weighted by molar-refractivity contribution is 5.73. The van der Waals surface area contributed by atoms with Crippen molar-refractivity contribution in [1.82, 2.24) is 15.1 Å². The molecule has 0 radical (unpaired) electrons. The highest BCUT2D eigenvalue weighted by Crippen LogP contribution is 2.09. The third kappa shape index (κ3) is 4.92. The predicted molar refractivity (Wildman–Crippen MR) is 72.8 cm³/mol. The van der Waals surface area contributed by atoms with E-state index in [4.69, 9.17) is 0 Å². The Labute approximate surface area is 110 Å². The van der Waals surface area contributed by atoms with E-state index in [1.807, 2.05) is 13.8 Å². The van der Waals surface area contributed by atoms with Crippen LogP contribution in [0.1, 0.15) is 27.2 Å². The largest absolute Gasteiger partial charge is 0.480 e. The maximum Gasteiger partial charge on any atom is 0.320 e. The molecule has 1 saturated heterocycles. The van der Waals surface area contributed by atoms with Gasteiger partial charge in [0.2, 0.25) is 0 Å². The summed E-state index contributed by atoms with van der Waals surface area (Å²) in [7, 11) is 2.13. The van der Waals surface area contributed by atoms with Crippen LogP contribution in [0.5, 0.6) is 0 Å². The van der Waals surface area contributed by atoms with Crippen LogP contribution in [0.4, 0.5) is 0 Å². The summed E-state index contributed by atoms with van der Waals surface area (Å²) in [4.78, 5) is 15.9. The van der Waals surface area contributed by atoms with Gasteiger partial charge in [-0.2, -0.15) is 0 Å². The standard InChI is InChI=1S/C13H27N3O2/c1-10(2)14-12(13(17)18)5-6-16-8-7-15(4)9-11(16)3/h10-12,14H,5-9H2,1-4H3,(H,17,18). The van der Waals surface area contributed by atoms with Crippen LogP contribution in [0.3, 0.4) is 0 Å². The molecule has 1 aliphatic rings. The van der Waals surface area contributed by atoms with Crippen molar-refractivity contribution in [3.8, 4) is 0 Å². The summed E-state index contributed by atoms with van der Waals surface area (Å²) in [5.41, 5.74) is 0. The van der Waals surface area contributed by atoms with Crippen LogP contribution in [0, 0.1) is 0 Å². The lowest BCUT2D eigenvalue weighted by atomic mass is 10.1. The molecule has 1 aliphatic heterocycles. The molecule has 2 N–H and O–H groups in total. The number of piperazine rings is 1. The maximum absolute atomic E-state index is 11.2. The number of carboxylic acids is 1. The number of nitrogens with zero attached hydrogens (tertiary/aromatic N) is 2. The molecular weight excluding hydrogens is 230 g/mol. The van der Waals surface area contributed by atoms with Gasteiger partial charge >= 0.3 is 5.97 Å². The van der Waals surface area contributed by atoms with Crippen LogP contribution >= 0.6 is 0 Å². The lowest BCUT2D eigenvalue weighted by molar-refractivity contribution is -0.140. The predicted octanol–water partition coefficient (Wildman–Crippen LogP) is 0.464. The molecule has 106 valence electrons. The van der Waals surface area contributed by atoms with Crippen LogP contribution in [0.15, 0.2) is 0 Å². The van der Waals surface area contributed by atoms with Crippen molar-refractivity contribution in [2.24, 2.45) is 0 Å². The van der Waals surface area contributed by atoms with Gasteiger partial charge in [0.15, 0.2) is 0 Å². The van der Waals surface area contributed by atoms with Crippen molar-refractivity contribution in [2.75, 3.05) is 33.2 Å². The van der Waals surface area contributed by atoms with E-state index in [9.17, 15) is 9.90 Å². The molecule has 0 aromatic carbocycles. The first-order chi connectivity index (χ1) is 8.40. The summed E-state index contributed by atoms with van der Waals surface area (Å²) < 4.78 is 0. The molecule has 2 unspecified atom stereocenters. The summed E-state index contributed by atoms with van der Waals surface area (Å²) in [6.45, 7) is 10.2. The average Bonchev–Trinajstić information content (AvgIpc) is 2.25. The first-order valence-electron chi connectivity index (χ1n) is 6.81. The van der Waals surface area contributed by atoms with Crippen LogP contribution in [-0.4, -0.2) is 72.2 Å². The molecule has 2 atom stereocenters. The highest BCUT2D eigenvalue weighted by atomic mass is 16.4. The molecular formula is C13H27N3O2. The maximum atomic E-state index is 11.2. The van der Waals surface area contributed by atoms with Crippen molar-refractivity contribution in [3.05, 3.63) is 0 Å². The Balaban J connectivity index is 2.39. The molecule has 0 spiro atoms. The molecule has 1 heterocycles. The molecule has 0 bridgehead atoms. The molecule has 0 aliphatic carbocycles. The molecule has 0 aromatic heterocycles. The van der Waals surface area contributed by atoms with Crippen molar-refractivity contribution in [2.45, 2.75) is 45.3 Å². The Kier molecular flexibility index (Phi) is 6.05. The number of carbonyl (C=O) groups is 1. The van der Waals surface area contributed by atoms with E-state index < -0.39 is 12.0 Å². The molecule has 0 amide bonds. The summed E-state index contributed by atoms with van der Waals surface area (Å²) in [5, 5.41) is 12.3. The third-order valence-corrected chi connectivity index (χ3v) is 3.51. The van der Waals surface area contributed by atoms with Gasteiger partial charge in [0.05, 0.1) is 0 Å². The Morgan fingerprint density at radius 3 is 2.61 bits per heavy atom. The van der Waals surface area contributed by atoms with Crippen molar-refractivity contribution >= 4 is 5.97 Å². The van der Waals surface area contributed by atoms with E-state index >= 15 is 0 Å². The number of carboxylic acid groups (broad SMARTS) is 1. The number of hydrogen-bond acceptors (Lipinski definition) is 4. The lowest BCUT2D eigenvalue weighted by Crippen LogP contribution is -2.52. The summed E-state index contributed by atoms with van der Waals surface area (Å²) in [6, 6.07) is 0.283. The molecule has 5 nitrogen and oxygen atoms in total. The SMILES string of the molecule is CC(C)NC(CCN1CCN(C)CC1C)C(=O)O. The summed E-state index contributed by atoms with van der Waals surface area (Å²) in [6.07, 6.45) is 0.668. The van der Waals surface area contributed by atoms with Gasteiger partial charge in [-0.3, -0.25) is 9.69 Å². The van der Waals surface area contributed by atoms with Gasteiger partial charge in [-0.1, -0.05) is 13.8 Å². The Morgan fingerprint density at radius 2 is 2.11 bits per heavy atom. The monoisotopic (exact) mass is 257 g/mol. The van der Waals surface area contributed by atoms with Crippen molar-refractivity contribution in [1.29, 1.82) is 0 Å². The zero-order valence-corrected chi connectivity index (χ0v) is 12.0. The van der Waals surface area contributed by atoms with Crippen molar-refractivity contribution in [3.63, 3.8) is 0 Å². The first-order valence-corrected chi connectivity index (χ1v) is 6.81. The van der Waals surface area contributed by atoms with E-state index in [-0.39, 0.29) is 6.04 Å². The second kappa shape index (κ2) is 7.07. The van der Waals surface area contributed by atoms with Gasteiger partial charge in [-0.25, -0.2) is 0 Å². The number of likely N-dealkylation sites (N-methyl/N-ethyl adjacent to an activating group) is 1. The van der Waals surface area contributed by atoms with Gasteiger partial charge in [0.1, 0.15) is 6.04 Å². The number of nitrogens with one attached hydrogen (secondary N) is 1. The lowest BCUT2D eigenvalue weighted by Gasteiger charge is -2.38. The number of hydrogen-bond donors (Lipinski definition) is 2. The topological polar surface area (TPSA) is 55.8 Å². The van der Waals surface area contributed by atoms with Gasteiger partial charge in [0, 0.05) is 38.3 Å². The van der Waals surface area contributed by atoms with Crippen LogP contribution in [0.25, 0.3) is 0 Å². The Morgan fingerprint density at radius 1 is 1.44 bits per heavy atom. The smallest absolute Gasteiger partial charge is 0.320 e. The van der Waals surface area contributed by atoms with E-state index in [1.54, 1.807) is 0 Å². The van der Waals surface area contributed by atoms with E-state index in [0.29, 0.717) is 12.5 Å². The normalized spacial score (nSPS) is 24.4. The van der Waals surface area contributed by atoms with Gasteiger partial charge in [-0.15, -0.1) is 0 Å². The second-order valence-corrected chi connectivity index (χ2v) is 5.65. The quantitative estimate of drug-likeness (QED) is 0.724. The van der Waals surface area contributed by atoms with Gasteiger partial charge in [0.25, 0.3) is 0 Å². The Hall–Kier alpha value is -0.650. The fourth-order valence-corrected chi connectivity index (χ4v) is 2.48. The number of rotatable bonds is 6. The van der Waals surface area contributed by atoms with E-state index in [1.165, 1.54) is 0 Å². The minimum atomic E-state index is -0.745. The number of aliphatic carboxylic acids is 1. The minimum absolute atomic E-state index is 0.205. The molecule has 5 heteroatoms. The molecule has 18 heavy (non-hydrogen) atoms. The Bertz CT molecular complexity index is 271. The molecule has 0 aromatic rings. The first kappa shape index (κ1) is 15.4. The molecule has 0 saturated carbocycles. The third-order valence-electron chi connectivity index (χ3n) is 3.51. The second-order valence-electron chi connectivity index (χ2n) is 5.65. The van der Waals surface area contributed by atoms with Crippen molar-refractivity contribution < 1.29 is 9.90 Å². The van der Waals surface area contributed by atoms with Crippen LogP contribution < -0.4 is 5.32 Å². The van der Waals surface area contributed by atoms with Gasteiger partial charge < -0.3 is 15.3 Å². The van der Waals surface area contributed by atoms with E-state index in [2.05, 4.69) is 29.1 Å². The van der Waals surface area contributed by atoms with Gasteiger partial charge in [-0.05, 0) is 20.4 Å². The van der Waals surface area contributed by atoms with E-state index in [0.717, 1.165) is 26.2 Å². The summed E-state index contributed by atoms with van der Waals surface area (Å²) >= 11 is 0.